The fourth-order valence-corrected chi connectivity index (χ4v) is 3.89. The molecule has 0 spiro atoms. The number of carbonyl (C=O) groups is 1. The molecule has 0 aliphatic carbocycles. The zero-order valence-electron chi connectivity index (χ0n) is 15.1. The summed E-state index contributed by atoms with van der Waals surface area (Å²) in [6, 6.07) is 14.1. The van der Waals surface area contributed by atoms with Crippen molar-refractivity contribution in [3.63, 3.8) is 0 Å². The second-order valence-electron chi connectivity index (χ2n) is 7.01. The molecule has 5 heteroatoms. The monoisotopic (exact) mass is 348 g/mol. The highest BCUT2D eigenvalue weighted by Gasteiger charge is 2.20. The van der Waals surface area contributed by atoms with Gasteiger partial charge in [-0.05, 0) is 55.6 Å². The van der Waals surface area contributed by atoms with Gasteiger partial charge in [-0.1, -0.05) is 31.2 Å². The molecule has 1 fully saturated rings. The fourth-order valence-electron chi connectivity index (χ4n) is 3.89. The highest BCUT2D eigenvalue weighted by atomic mass is 16.1. The number of benzene rings is 2. The summed E-state index contributed by atoms with van der Waals surface area (Å²) in [5.74, 6) is 0.157. The maximum Gasteiger partial charge on any atom is 0.250 e. The van der Waals surface area contributed by atoms with Gasteiger partial charge in [0.05, 0.1) is 11.3 Å². The Hall–Kier alpha value is -2.66. The third-order valence-corrected chi connectivity index (χ3v) is 5.38. The lowest BCUT2D eigenvalue weighted by Crippen LogP contribution is -2.34. The average molecular weight is 348 g/mol. The molecule has 3 aromatic rings. The van der Waals surface area contributed by atoms with E-state index in [0.717, 1.165) is 24.2 Å². The maximum absolute atomic E-state index is 11.6. The zero-order valence-corrected chi connectivity index (χ0v) is 15.1. The Morgan fingerprint density at radius 2 is 2.04 bits per heavy atom. The lowest BCUT2D eigenvalue weighted by Gasteiger charge is -2.32. The van der Waals surface area contributed by atoms with Crippen molar-refractivity contribution in [1.82, 2.24) is 14.7 Å². The molecule has 1 aliphatic heterocycles. The summed E-state index contributed by atoms with van der Waals surface area (Å²) in [7, 11) is 0. The zero-order chi connectivity index (χ0) is 18.1. The van der Waals surface area contributed by atoms with Crippen molar-refractivity contribution < 1.29 is 4.79 Å². The predicted octanol–water partition coefficient (Wildman–Crippen LogP) is 3.32. The number of carbonyl (C=O) groups excluding carboxylic acids is 1. The van der Waals surface area contributed by atoms with Crippen molar-refractivity contribution >= 4 is 16.8 Å². The van der Waals surface area contributed by atoms with E-state index in [-0.39, 0.29) is 0 Å². The maximum atomic E-state index is 11.6. The van der Waals surface area contributed by atoms with Crippen LogP contribution in [0.5, 0.6) is 0 Å². The van der Waals surface area contributed by atoms with Gasteiger partial charge in [0.15, 0.2) is 0 Å². The van der Waals surface area contributed by atoms with Gasteiger partial charge in [0.25, 0.3) is 5.91 Å². The van der Waals surface area contributed by atoms with E-state index in [1.165, 1.54) is 24.9 Å². The molecule has 134 valence electrons. The van der Waals surface area contributed by atoms with E-state index in [9.17, 15) is 4.79 Å². The molecule has 0 radical (unpaired) electrons. The average Bonchev–Trinajstić information content (AvgIpc) is 3.12. The van der Waals surface area contributed by atoms with Gasteiger partial charge in [-0.3, -0.25) is 4.79 Å². The first-order chi connectivity index (χ1) is 12.7. The van der Waals surface area contributed by atoms with E-state index in [0.29, 0.717) is 17.0 Å². The summed E-state index contributed by atoms with van der Waals surface area (Å²) < 4.78 is 1.82. The Balaban J connectivity index is 1.62. The van der Waals surface area contributed by atoms with Crippen LogP contribution >= 0.6 is 0 Å². The number of piperidine rings is 1. The van der Waals surface area contributed by atoms with Crippen LogP contribution in [0.15, 0.2) is 48.7 Å². The number of nitrogens with zero attached hydrogens (tertiary/aromatic N) is 3. The summed E-state index contributed by atoms with van der Waals surface area (Å²) in [5.41, 5.74) is 8.95. The Labute approximate surface area is 153 Å². The van der Waals surface area contributed by atoms with Gasteiger partial charge >= 0.3 is 0 Å². The number of hydrogen-bond acceptors (Lipinski definition) is 3. The van der Waals surface area contributed by atoms with Crippen molar-refractivity contribution in [3.8, 4) is 5.69 Å². The van der Waals surface area contributed by atoms with Crippen LogP contribution in [-0.4, -0.2) is 40.2 Å². The van der Waals surface area contributed by atoms with Crippen molar-refractivity contribution in [2.45, 2.75) is 25.7 Å². The molecule has 2 N–H and O–H groups in total. The minimum absolute atomic E-state index is 0.450. The SMILES string of the molecule is CCN1CCCC(c2ccc(-n3cc4cccc(C(N)=O)c4n3)cc2)C1. The molecule has 0 bridgehead atoms. The van der Waals surface area contributed by atoms with Crippen LogP contribution in [0, 0.1) is 0 Å². The molecule has 5 nitrogen and oxygen atoms in total. The van der Waals surface area contributed by atoms with Gasteiger partial charge in [-0.15, -0.1) is 0 Å². The summed E-state index contributed by atoms with van der Waals surface area (Å²) in [6.45, 7) is 5.71. The normalized spacial score (nSPS) is 18.3. The fraction of sp³-hybridized carbons (Fsp3) is 0.333. The molecular formula is C21H24N4O. The minimum Gasteiger partial charge on any atom is -0.366 e. The van der Waals surface area contributed by atoms with Crippen LogP contribution in [0.2, 0.25) is 0 Å². The quantitative estimate of drug-likeness (QED) is 0.786. The number of primary amides is 1. The summed E-state index contributed by atoms with van der Waals surface area (Å²) in [4.78, 5) is 14.1. The second-order valence-corrected chi connectivity index (χ2v) is 7.01. The van der Waals surface area contributed by atoms with Crippen molar-refractivity contribution in [2.75, 3.05) is 19.6 Å². The van der Waals surface area contributed by atoms with Crippen LogP contribution in [-0.2, 0) is 0 Å². The van der Waals surface area contributed by atoms with Crippen LogP contribution in [0.3, 0.4) is 0 Å². The number of nitrogens with two attached hydrogens (primary N) is 1. The Morgan fingerprint density at radius 3 is 2.77 bits per heavy atom. The summed E-state index contributed by atoms with van der Waals surface area (Å²) in [5, 5.41) is 5.49. The molecule has 2 aromatic carbocycles. The smallest absolute Gasteiger partial charge is 0.250 e. The van der Waals surface area contributed by atoms with E-state index < -0.39 is 5.91 Å². The van der Waals surface area contributed by atoms with E-state index in [1.54, 1.807) is 6.07 Å². The number of amides is 1. The van der Waals surface area contributed by atoms with Gasteiger partial charge in [0.1, 0.15) is 5.52 Å². The van der Waals surface area contributed by atoms with Crippen LogP contribution in [0.1, 0.15) is 41.6 Å². The summed E-state index contributed by atoms with van der Waals surface area (Å²) in [6.07, 6.45) is 4.46. The van der Waals surface area contributed by atoms with Crippen molar-refractivity contribution in [1.29, 1.82) is 0 Å². The van der Waals surface area contributed by atoms with Crippen LogP contribution in [0.4, 0.5) is 0 Å². The Bertz CT molecular complexity index is 929. The van der Waals surface area contributed by atoms with E-state index in [1.807, 2.05) is 23.0 Å². The van der Waals surface area contributed by atoms with E-state index >= 15 is 0 Å². The van der Waals surface area contributed by atoms with Crippen molar-refractivity contribution in [3.05, 3.63) is 59.8 Å². The first kappa shape index (κ1) is 16.8. The molecule has 1 amide bonds. The van der Waals surface area contributed by atoms with Gasteiger partial charge < -0.3 is 10.6 Å². The number of hydrogen-bond donors (Lipinski definition) is 1. The van der Waals surface area contributed by atoms with Gasteiger partial charge in [0, 0.05) is 18.1 Å². The minimum atomic E-state index is -0.450. The molecule has 2 heterocycles. The molecule has 26 heavy (non-hydrogen) atoms. The number of likely N-dealkylation sites (N-methyl/N-ethyl adjacent to an activating group) is 1. The summed E-state index contributed by atoms with van der Waals surface area (Å²) >= 11 is 0. The number of likely N-dealkylation sites (tertiary alicyclic amines) is 1. The standard InChI is InChI=1S/C21H24N4O/c1-2-24-12-4-6-16(13-24)15-8-10-18(11-9-15)25-14-17-5-3-7-19(21(22)26)20(17)23-25/h3,5,7-11,14,16H,2,4,6,12-13H2,1H3,(H2,22,26). The molecular weight excluding hydrogens is 324 g/mol. The van der Waals surface area contributed by atoms with Gasteiger partial charge in [0.2, 0.25) is 0 Å². The lowest BCUT2D eigenvalue weighted by atomic mass is 9.90. The molecule has 1 saturated heterocycles. The highest BCUT2D eigenvalue weighted by molar-refractivity contribution is 6.04. The molecule has 1 unspecified atom stereocenters. The number of aromatic nitrogens is 2. The number of rotatable bonds is 4. The molecule has 4 rings (SSSR count). The van der Waals surface area contributed by atoms with Crippen LogP contribution < -0.4 is 5.73 Å². The molecule has 1 atom stereocenters. The van der Waals surface area contributed by atoms with Crippen LogP contribution in [0.25, 0.3) is 16.6 Å². The third-order valence-electron chi connectivity index (χ3n) is 5.38. The van der Waals surface area contributed by atoms with Crippen molar-refractivity contribution in [2.24, 2.45) is 5.73 Å². The number of fused-ring (bicyclic) bond motifs is 1. The molecule has 1 aromatic heterocycles. The lowest BCUT2D eigenvalue weighted by molar-refractivity contribution is 0.100. The first-order valence-corrected chi connectivity index (χ1v) is 9.26. The third kappa shape index (κ3) is 3.10. The topological polar surface area (TPSA) is 64.2 Å². The van der Waals surface area contributed by atoms with Gasteiger partial charge in [-0.2, -0.15) is 5.10 Å². The van der Waals surface area contributed by atoms with Gasteiger partial charge in [-0.25, -0.2) is 4.68 Å². The highest BCUT2D eigenvalue weighted by Crippen LogP contribution is 2.28. The molecule has 0 saturated carbocycles. The Morgan fingerprint density at radius 1 is 1.23 bits per heavy atom. The first-order valence-electron chi connectivity index (χ1n) is 9.26. The predicted molar refractivity (Wildman–Crippen MR) is 104 cm³/mol. The van der Waals surface area contributed by atoms with E-state index in [2.05, 4.69) is 41.2 Å². The van der Waals surface area contributed by atoms with E-state index in [4.69, 9.17) is 5.73 Å². The molecule has 1 aliphatic rings. The Kier molecular flexibility index (Phi) is 4.47. The largest absolute Gasteiger partial charge is 0.366 e. The second kappa shape index (κ2) is 6.92.